The number of phenolic OH excluding ortho intramolecular Hbond substituents is 1. The Morgan fingerprint density at radius 3 is 2.33 bits per heavy atom. The molecule has 0 fully saturated rings. The van der Waals surface area contributed by atoms with E-state index >= 15 is 0 Å². The molecule has 0 spiro atoms. The van der Waals surface area contributed by atoms with Crippen LogP contribution in [-0.4, -0.2) is 22.0 Å². The summed E-state index contributed by atoms with van der Waals surface area (Å²) in [4.78, 5) is 21.1. The minimum atomic E-state index is -1.98. The summed E-state index contributed by atoms with van der Waals surface area (Å²) < 4.78 is 25.6. The molecule has 4 nitrogen and oxygen atoms in total. The van der Waals surface area contributed by atoms with Gasteiger partial charge in [0, 0.05) is 6.07 Å². The molecule has 0 atom stereocenters. The van der Waals surface area contributed by atoms with Gasteiger partial charge in [0.2, 0.25) is 0 Å². The molecule has 0 aliphatic rings. The van der Waals surface area contributed by atoms with Gasteiger partial charge in [0.05, 0.1) is 4.47 Å². The van der Waals surface area contributed by atoms with Gasteiger partial charge in [-0.1, -0.05) is 0 Å². The highest BCUT2D eigenvalue weighted by molar-refractivity contribution is 9.10. The molecule has 0 aromatic heterocycles. The largest absolute Gasteiger partial charge is 0.507 e. The Bertz CT molecular complexity index is 458. The topological polar surface area (TPSA) is 74.6 Å². The zero-order chi connectivity index (χ0) is 11.7. The van der Waals surface area contributed by atoms with Crippen LogP contribution in [0.15, 0.2) is 10.5 Å². The van der Waals surface area contributed by atoms with E-state index in [1.807, 2.05) is 0 Å². The first-order chi connectivity index (χ1) is 6.86. The van der Waals surface area contributed by atoms with Gasteiger partial charge in [-0.3, -0.25) is 4.79 Å². The molecule has 0 saturated carbocycles. The van der Waals surface area contributed by atoms with Crippen LogP contribution in [-0.2, 0) is 4.79 Å². The van der Waals surface area contributed by atoms with E-state index in [9.17, 15) is 18.4 Å². The number of rotatable bonds is 2. The molecule has 0 saturated heterocycles. The zero-order valence-corrected chi connectivity index (χ0v) is 8.51. The summed E-state index contributed by atoms with van der Waals surface area (Å²) in [7, 11) is 0. The summed E-state index contributed by atoms with van der Waals surface area (Å²) in [5.41, 5.74) is -1.22. The van der Waals surface area contributed by atoms with Crippen LogP contribution >= 0.6 is 15.9 Å². The molecular formula is C8H3BrF2O4. The fraction of sp³-hybridized carbons (Fsp3) is 0. The van der Waals surface area contributed by atoms with E-state index in [2.05, 4.69) is 15.9 Å². The van der Waals surface area contributed by atoms with Crippen molar-refractivity contribution in [2.45, 2.75) is 0 Å². The molecule has 15 heavy (non-hydrogen) atoms. The lowest BCUT2D eigenvalue weighted by atomic mass is 10.1. The third-order valence-electron chi connectivity index (χ3n) is 1.56. The normalized spacial score (nSPS) is 10.1. The summed E-state index contributed by atoms with van der Waals surface area (Å²) in [6.07, 6.45) is 0. The van der Waals surface area contributed by atoms with Gasteiger partial charge < -0.3 is 10.2 Å². The molecule has 0 heterocycles. The Hall–Kier alpha value is -1.50. The Kier molecular flexibility index (Phi) is 3.04. The van der Waals surface area contributed by atoms with Gasteiger partial charge in [-0.25, -0.2) is 13.6 Å². The molecule has 1 aromatic rings. The van der Waals surface area contributed by atoms with Crippen molar-refractivity contribution in [3.63, 3.8) is 0 Å². The van der Waals surface area contributed by atoms with Crippen molar-refractivity contribution in [2.75, 3.05) is 0 Å². The number of hydrogen-bond donors (Lipinski definition) is 2. The first-order valence-corrected chi connectivity index (χ1v) is 4.29. The van der Waals surface area contributed by atoms with Crippen molar-refractivity contribution in [3.05, 3.63) is 27.7 Å². The van der Waals surface area contributed by atoms with E-state index in [1.54, 1.807) is 0 Å². The van der Waals surface area contributed by atoms with E-state index in [-0.39, 0.29) is 0 Å². The van der Waals surface area contributed by atoms with Crippen molar-refractivity contribution < 1.29 is 28.6 Å². The third-order valence-corrected chi connectivity index (χ3v) is 2.32. The number of aliphatic carboxylic acids is 1. The van der Waals surface area contributed by atoms with Crippen LogP contribution in [0.25, 0.3) is 0 Å². The summed E-state index contributed by atoms with van der Waals surface area (Å²) in [6.45, 7) is 0. The van der Waals surface area contributed by atoms with Gasteiger partial charge in [-0.15, -0.1) is 0 Å². The van der Waals surface area contributed by atoms with Crippen molar-refractivity contribution in [1.29, 1.82) is 0 Å². The van der Waals surface area contributed by atoms with Crippen LogP contribution in [0.1, 0.15) is 10.4 Å². The predicted octanol–water partition coefficient (Wildman–Crippen LogP) is 1.70. The smallest absolute Gasteiger partial charge is 0.377 e. The highest BCUT2D eigenvalue weighted by Gasteiger charge is 2.26. The molecule has 7 heteroatoms. The first kappa shape index (κ1) is 11.6. The van der Waals surface area contributed by atoms with Gasteiger partial charge in [0.1, 0.15) is 17.1 Å². The highest BCUT2D eigenvalue weighted by Crippen LogP contribution is 2.31. The van der Waals surface area contributed by atoms with Crippen LogP contribution < -0.4 is 0 Å². The third kappa shape index (κ3) is 1.96. The minimum absolute atomic E-state index is 0.448. The number of carbonyl (C=O) groups is 2. The molecule has 1 aromatic carbocycles. The lowest BCUT2D eigenvalue weighted by molar-refractivity contribution is -0.131. The standard InChI is InChI=1S/C8H3BrF2O4/c9-5-3(12)1-2(10)4(6(5)11)7(13)8(14)15/h1,12H,(H,14,15). The minimum Gasteiger partial charge on any atom is -0.507 e. The number of halogens is 3. The Morgan fingerprint density at radius 2 is 1.87 bits per heavy atom. The molecule has 0 bridgehead atoms. The van der Waals surface area contributed by atoms with E-state index in [1.165, 1.54) is 0 Å². The quantitative estimate of drug-likeness (QED) is 0.491. The van der Waals surface area contributed by atoms with E-state index < -0.39 is 39.2 Å². The molecule has 0 aliphatic heterocycles. The van der Waals surface area contributed by atoms with Crippen LogP contribution in [0.4, 0.5) is 8.78 Å². The van der Waals surface area contributed by atoms with Gasteiger partial charge in [0.15, 0.2) is 5.82 Å². The first-order valence-electron chi connectivity index (χ1n) is 3.50. The Morgan fingerprint density at radius 1 is 1.33 bits per heavy atom. The van der Waals surface area contributed by atoms with Crippen LogP contribution in [0.5, 0.6) is 5.75 Å². The summed E-state index contributed by atoms with van der Waals surface area (Å²) in [6, 6.07) is 0.448. The number of hydrogen-bond acceptors (Lipinski definition) is 3. The second kappa shape index (κ2) is 3.93. The fourth-order valence-corrected chi connectivity index (χ4v) is 1.21. The maximum absolute atomic E-state index is 13.2. The van der Waals surface area contributed by atoms with E-state index in [0.717, 1.165) is 0 Å². The molecule has 2 N–H and O–H groups in total. The zero-order valence-electron chi connectivity index (χ0n) is 6.92. The van der Waals surface area contributed by atoms with Crippen LogP contribution in [0.3, 0.4) is 0 Å². The maximum atomic E-state index is 13.2. The maximum Gasteiger partial charge on any atom is 0.377 e. The lowest BCUT2D eigenvalue weighted by Crippen LogP contribution is -2.16. The summed E-state index contributed by atoms with van der Waals surface area (Å²) in [5, 5.41) is 17.2. The molecule has 1 rings (SSSR count). The van der Waals surface area contributed by atoms with Crippen molar-refractivity contribution in [2.24, 2.45) is 0 Å². The van der Waals surface area contributed by atoms with Gasteiger partial charge in [-0.05, 0) is 15.9 Å². The number of carboxylic acid groups (broad SMARTS) is 1. The van der Waals surface area contributed by atoms with Gasteiger partial charge in [-0.2, -0.15) is 0 Å². The van der Waals surface area contributed by atoms with Crippen molar-refractivity contribution in [3.8, 4) is 5.75 Å². The fourth-order valence-electron chi connectivity index (χ4n) is 0.898. The number of Topliss-reactive ketones (excluding diaryl/α,β-unsaturated/α-hetero) is 1. The molecule has 0 radical (unpaired) electrons. The van der Waals surface area contributed by atoms with E-state index in [4.69, 9.17) is 10.2 Å². The SMILES string of the molecule is O=C(O)C(=O)c1c(F)cc(O)c(Br)c1F. The second-order valence-electron chi connectivity index (χ2n) is 2.51. The average molecular weight is 281 g/mol. The number of carbonyl (C=O) groups excluding carboxylic acids is 1. The Labute approximate surface area is 90.3 Å². The van der Waals surface area contributed by atoms with Crippen LogP contribution in [0, 0.1) is 11.6 Å². The number of benzene rings is 1. The molecule has 0 amide bonds. The predicted molar refractivity (Wildman–Crippen MR) is 47.7 cm³/mol. The second-order valence-corrected chi connectivity index (χ2v) is 3.31. The average Bonchev–Trinajstić information content (AvgIpc) is 2.14. The number of carboxylic acids is 1. The molecule has 0 unspecified atom stereocenters. The highest BCUT2D eigenvalue weighted by atomic mass is 79.9. The monoisotopic (exact) mass is 280 g/mol. The summed E-state index contributed by atoms with van der Waals surface area (Å²) in [5.74, 6) is -7.33. The molecule has 0 aliphatic carbocycles. The van der Waals surface area contributed by atoms with Crippen LogP contribution in [0.2, 0.25) is 0 Å². The summed E-state index contributed by atoms with van der Waals surface area (Å²) >= 11 is 2.54. The van der Waals surface area contributed by atoms with Gasteiger partial charge in [0.25, 0.3) is 5.78 Å². The van der Waals surface area contributed by atoms with Crippen molar-refractivity contribution >= 4 is 27.7 Å². The molecular weight excluding hydrogens is 278 g/mol. The number of ketones is 1. The van der Waals surface area contributed by atoms with Gasteiger partial charge >= 0.3 is 5.97 Å². The van der Waals surface area contributed by atoms with E-state index in [0.29, 0.717) is 6.07 Å². The molecule has 80 valence electrons. The Balaban J connectivity index is 3.49. The number of aromatic hydroxyl groups is 1. The lowest BCUT2D eigenvalue weighted by Gasteiger charge is -2.04. The number of phenols is 1. The van der Waals surface area contributed by atoms with Crippen molar-refractivity contribution in [1.82, 2.24) is 0 Å².